The average molecular weight is 297 g/mol. The quantitative estimate of drug-likeness (QED) is 0.858. The van der Waals surface area contributed by atoms with Crippen molar-refractivity contribution in [1.29, 1.82) is 5.26 Å². The first kappa shape index (κ1) is 14.1. The van der Waals surface area contributed by atoms with Crippen LogP contribution in [0.4, 0.5) is 5.82 Å². The molecule has 0 bridgehead atoms. The van der Waals surface area contributed by atoms with Crippen LogP contribution in [0.2, 0.25) is 0 Å². The van der Waals surface area contributed by atoms with E-state index in [2.05, 4.69) is 41.5 Å². The normalized spacial score (nSPS) is 13.5. The van der Waals surface area contributed by atoms with Crippen molar-refractivity contribution in [3.05, 3.63) is 45.3 Å². The second kappa shape index (κ2) is 6.28. The number of hydrogen-bond acceptors (Lipinski definition) is 4. The molecule has 3 nitrogen and oxygen atoms in total. The van der Waals surface area contributed by atoms with Crippen molar-refractivity contribution in [2.24, 2.45) is 0 Å². The van der Waals surface area contributed by atoms with Crippen LogP contribution in [0, 0.1) is 11.3 Å². The summed E-state index contributed by atoms with van der Waals surface area (Å²) in [6.07, 6.45) is 4.53. The van der Waals surface area contributed by atoms with Crippen LogP contribution in [-0.2, 0) is 19.4 Å². The molecule has 21 heavy (non-hydrogen) atoms. The first-order chi connectivity index (χ1) is 10.3. The molecule has 0 N–H and O–H groups in total. The molecule has 0 aliphatic heterocycles. The minimum atomic E-state index is 0.717. The first-order valence-electron chi connectivity index (χ1n) is 7.52. The molecule has 2 aromatic rings. The molecule has 0 amide bonds. The van der Waals surface area contributed by atoms with Crippen molar-refractivity contribution in [1.82, 2.24) is 4.98 Å². The number of pyridine rings is 1. The highest BCUT2D eigenvalue weighted by Crippen LogP contribution is 2.27. The summed E-state index contributed by atoms with van der Waals surface area (Å²) < 4.78 is 0. The summed E-state index contributed by atoms with van der Waals surface area (Å²) in [5.74, 6) is 0.856. The van der Waals surface area contributed by atoms with Gasteiger partial charge in [-0.1, -0.05) is 6.07 Å². The minimum absolute atomic E-state index is 0.717. The van der Waals surface area contributed by atoms with Gasteiger partial charge in [-0.15, -0.1) is 11.3 Å². The average Bonchev–Trinajstić information content (AvgIpc) is 3.04. The van der Waals surface area contributed by atoms with Crippen molar-refractivity contribution in [3.8, 4) is 6.07 Å². The van der Waals surface area contributed by atoms with Gasteiger partial charge in [-0.2, -0.15) is 5.26 Å². The second-order valence-electron chi connectivity index (χ2n) is 5.38. The van der Waals surface area contributed by atoms with Crippen LogP contribution in [0.5, 0.6) is 0 Å². The van der Waals surface area contributed by atoms with E-state index in [0.29, 0.717) is 5.56 Å². The lowest BCUT2D eigenvalue weighted by Gasteiger charge is -2.25. The van der Waals surface area contributed by atoms with Crippen LogP contribution in [-0.4, -0.2) is 11.5 Å². The van der Waals surface area contributed by atoms with Gasteiger partial charge in [0.15, 0.2) is 0 Å². The third kappa shape index (κ3) is 2.93. The van der Waals surface area contributed by atoms with E-state index in [-0.39, 0.29) is 0 Å². The molecule has 3 rings (SSSR count). The van der Waals surface area contributed by atoms with Gasteiger partial charge in [-0.25, -0.2) is 4.98 Å². The van der Waals surface area contributed by atoms with E-state index in [9.17, 15) is 5.26 Å². The van der Waals surface area contributed by atoms with E-state index in [0.717, 1.165) is 31.7 Å². The summed E-state index contributed by atoms with van der Waals surface area (Å²) in [6, 6.07) is 8.61. The van der Waals surface area contributed by atoms with Crippen molar-refractivity contribution in [2.45, 2.75) is 39.2 Å². The van der Waals surface area contributed by atoms with E-state index in [1.165, 1.54) is 29.0 Å². The zero-order chi connectivity index (χ0) is 14.7. The van der Waals surface area contributed by atoms with Crippen LogP contribution in [0.25, 0.3) is 0 Å². The second-order valence-corrected chi connectivity index (χ2v) is 6.41. The molecule has 0 radical (unpaired) electrons. The monoisotopic (exact) mass is 297 g/mol. The Morgan fingerprint density at radius 1 is 1.38 bits per heavy atom. The Balaban J connectivity index is 1.97. The molecule has 1 aliphatic rings. The van der Waals surface area contributed by atoms with Crippen molar-refractivity contribution in [2.75, 3.05) is 11.4 Å². The summed E-state index contributed by atoms with van der Waals surface area (Å²) in [6.45, 7) is 3.81. The fourth-order valence-corrected chi connectivity index (χ4v) is 3.59. The molecule has 0 atom stereocenters. The predicted molar refractivity (Wildman–Crippen MR) is 86.6 cm³/mol. The molecular weight excluding hydrogens is 278 g/mol. The standard InChI is InChI=1S/C17H19N3S/c1-2-20(12-15-7-5-9-21-15)17-14(11-18)10-13-6-3-4-8-16(13)19-17/h5,7,9-10H,2-4,6,8,12H2,1H3. The van der Waals surface area contributed by atoms with E-state index >= 15 is 0 Å². The molecule has 2 aromatic heterocycles. The van der Waals surface area contributed by atoms with E-state index in [1.807, 2.05) is 0 Å². The van der Waals surface area contributed by atoms with Gasteiger partial charge in [0.25, 0.3) is 0 Å². The molecule has 1 aliphatic carbocycles. The molecule has 108 valence electrons. The zero-order valence-corrected chi connectivity index (χ0v) is 13.1. The molecule has 0 aromatic carbocycles. The van der Waals surface area contributed by atoms with E-state index in [4.69, 9.17) is 4.98 Å². The van der Waals surface area contributed by atoms with Gasteiger partial charge in [-0.05, 0) is 55.7 Å². The Morgan fingerprint density at radius 2 is 2.24 bits per heavy atom. The van der Waals surface area contributed by atoms with Crippen molar-refractivity contribution in [3.63, 3.8) is 0 Å². The summed E-state index contributed by atoms with van der Waals surface area (Å²) >= 11 is 1.75. The fourth-order valence-electron chi connectivity index (χ4n) is 2.87. The molecule has 2 heterocycles. The molecule has 0 saturated heterocycles. The summed E-state index contributed by atoms with van der Waals surface area (Å²) in [7, 11) is 0. The Bertz CT molecular complexity index is 655. The lowest BCUT2D eigenvalue weighted by atomic mass is 9.95. The smallest absolute Gasteiger partial charge is 0.147 e. The highest BCUT2D eigenvalue weighted by atomic mass is 32.1. The number of hydrogen-bond donors (Lipinski definition) is 0. The zero-order valence-electron chi connectivity index (χ0n) is 12.3. The Morgan fingerprint density at radius 3 is 2.95 bits per heavy atom. The predicted octanol–water partition coefficient (Wildman–Crippen LogP) is 3.92. The van der Waals surface area contributed by atoms with Crippen LogP contribution >= 0.6 is 11.3 Å². The number of rotatable bonds is 4. The number of aromatic nitrogens is 1. The summed E-state index contributed by atoms with van der Waals surface area (Å²) in [5.41, 5.74) is 3.18. The number of nitriles is 1. The molecular formula is C17H19N3S. The van der Waals surface area contributed by atoms with Gasteiger partial charge < -0.3 is 4.90 Å². The molecule has 0 fully saturated rings. The minimum Gasteiger partial charge on any atom is -0.351 e. The van der Waals surface area contributed by atoms with Gasteiger partial charge in [0.05, 0.1) is 12.1 Å². The molecule has 0 spiro atoms. The Hall–Kier alpha value is -1.86. The maximum atomic E-state index is 9.48. The van der Waals surface area contributed by atoms with Crippen LogP contribution in [0.1, 0.15) is 41.5 Å². The number of anilines is 1. The van der Waals surface area contributed by atoms with E-state index in [1.54, 1.807) is 11.3 Å². The van der Waals surface area contributed by atoms with Crippen LogP contribution in [0.15, 0.2) is 23.6 Å². The molecule has 4 heteroatoms. The number of nitrogens with zero attached hydrogens (tertiary/aromatic N) is 3. The van der Waals surface area contributed by atoms with Gasteiger partial charge in [-0.3, -0.25) is 0 Å². The number of aryl methyl sites for hydroxylation is 2. The molecule has 0 saturated carbocycles. The summed E-state index contributed by atoms with van der Waals surface area (Å²) in [4.78, 5) is 8.36. The third-order valence-corrected chi connectivity index (χ3v) is 4.87. The van der Waals surface area contributed by atoms with Gasteiger partial charge >= 0.3 is 0 Å². The van der Waals surface area contributed by atoms with E-state index < -0.39 is 0 Å². The fraction of sp³-hybridized carbons (Fsp3) is 0.412. The SMILES string of the molecule is CCN(Cc1cccs1)c1nc2c(cc1C#N)CCCC2. The Kier molecular flexibility index (Phi) is 4.21. The third-order valence-electron chi connectivity index (χ3n) is 4.01. The maximum absolute atomic E-state index is 9.48. The highest BCUT2D eigenvalue weighted by molar-refractivity contribution is 7.09. The van der Waals surface area contributed by atoms with Gasteiger partial charge in [0, 0.05) is 17.1 Å². The summed E-state index contributed by atoms with van der Waals surface area (Å²) in [5, 5.41) is 11.6. The lowest BCUT2D eigenvalue weighted by Crippen LogP contribution is -2.25. The van der Waals surface area contributed by atoms with Gasteiger partial charge in [0.1, 0.15) is 11.9 Å². The topological polar surface area (TPSA) is 39.9 Å². The van der Waals surface area contributed by atoms with Crippen LogP contribution < -0.4 is 4.90 Å². The Labute approximate surface area is 129 Å². The van der Waals surface area contributed by atoms with Crippen LogP contribution in [0.3, 0.4) is 0 Å². The maximum Gasteiger partial charge on any atom is 0.147 e. The largest absolute Gasteiger partial charge is 0.351 e. The highest BCUT2D eigenvalue weighted by Gasteiger charge is 2.18. The lowest BCUT2D eigenvalue weighted by molar-refractivity contribution is 0.664. The number of fused-ring (bicyclic) bond motifs is 1. The molecule has 0 unspecified atom stereocenters. The first-order valence-corrected chi connectivity index (χ1v) is 8.40. The van der Waals surface area contributed by atoms with Crippen molar-refractivity contribution < 1.29 is 0 Å². The number of thiophene rings is 1. The van der Waals surface area contributed by atoms with Gasteiger partial charge in [0.2, 0.25) is 0 Å². The van der Waals surface area contributed by atoms with Crippen molar-refractivity contribution >= 4 is 17.2 Å².